The maximum Gasteiger partial charge on any atom is 0.240 e. The Hall–Kier alpha value is -2.29. The molecule has 0 saturated heterocycles. The predicted molar refractivity (Wildman–Crippen MR) is 99.7 cm³/mol. The normalized spacial score (nSPS) is 10.8. The molecule has 0 spiro atoms. The molecule has 0 fully saturated rings. The van der Waals surface area contributed by atoms with Crippen LogP contribution in [0, 0.1) is 4.77 Å². The molecule has 1 amide bonds. The Kier molecular flexibility index (Phi) is 5.75. The number of carbonyl (C=O) groups is 1. The molecule has 0 saturated carbocycles. The fourth-order valence-corrected chi connectivity index (χ4v) is 3.40. The summed E-state index contributed by atoms with van der Waals surface area (Å²) in [6.07, 6.45) is 0. The summed E-state index contributed by atoms with van der Waals surface area (Å²) in [5, 5.41) is 11.9. The van der Waals surface area contributed by atoms with E-state index in [1.54, 1.807) is 23.0 Å². The molecule has 0 atom stereocenters. The summed E-state index contributed by atoms with van der Waals surface area (Å²) in [5.41, 5.74) is 2.09. The highest BCUT2D eigenvalue weighted by atomic mass is 32.1. The first-order valence-corrected chi connectivity index (χ1v) is 8.99. The number of nitrogens with zero attached hydrogens (tertiary/aromatic N) is 2. The Morgan fingerprint density at radius 2 is 2.12 bits per heavy atom. The molecule has 2 N–H and O–H groups in total. The van der Waals surface area contributed by atoms with Crippen LogP contribution in [-0.2, 0) is 29.2 Å². The molecular formula is C17H18N4O2S2. The number of ether oxygens (including phenoxy) is 1. The van der Waals surface area contributed by atoms with Gasteiger partial charge >= 0.3 is 0 Å². The van der Waals surface area contributed by atoms with Crippen molar-refractivity contribution in [2.75, 3.05) is 7.11 Å². The lowest BCUT2D eigenvalue weighted by molar-refractivity contribution is -0.121. The maximum absolute atomic E-state index is 12.4. The van der Waals surface area contributed by atoms with Gasteiger partial charge in [-0.2, -0.15) is 5.10 Å². The van der Waals surface area contributed by atoms with Gasteiger partial charge in [-0.3, -0.25) is 14.5 Å². The monoisotopic (exact) mass is 374 g/mol. The van der Waals surface area contributed by atoms with Gasteiger partial charge in [0.15, 0.2) is 10.6 Å². The molecule has 0 aliphatic carbocycles. The highest BCUT2D eigenvalue weighted by Gasteiger charge is 2.13. The third-order valence-corrected chi connectivity index (χ3v) is 4.87. The summed E-state index contributed by atoms with van der Waals surface area (Å²) in [4.78, 5) is 13.3. The minimum Gasteiger partial charge on any atom is -0.380 e. The zero-order chi connectivity index (χ0) is 17.6. The standard InChI is InChI=1S/C17H18N4O2S2/c1-23-11-13-6-3-2-5-12(13)9-18-15(22)10-21-16(19-20-17(21)24)14-7-4-8-25-14/h2-8H,9-11H2,1H3,(H,18,22)(H,20,24). The highest BCUT2D eigenvalue weighted by molar-refractivity contribution is 7.71. The van der Waals surface area contributed by atoms with Crippen LogP contribution in [0.2, 0.25) is 0 Å². The van der Waals surface area contributed by atoms with Gasteiger partial charge in [0.05, 0.1) is 11.5 Å². The topological polar surface area (TPSA) is 71.9 Å². The number of hydrogen-bond acceptors (Lipinski definition) is 5. The second-order valence-corrected chi connectivity index (χ2v) is 6.73. The van der Waals surface area contributed by atoms with Crippen LogP contribution in [0.5, 0.6) is 0 Å². The molecule has 0 aliphatic heterocycles. The highest BCUT2D eigenvalue weighted by Crippen LogP contribution is 2.22. The predicted octanol–water partition coefficient (Wildman–Crippen LogP) is 3.13. The van der Waals surface area contributed by atoms with Crippen LogP contribution in [0.1, 0.15) is 11.1 Å². The minimum absolute atomic E-state index is 0.120. The first kappa shape index (κ1) is 17.5. The van der Waals surface area contributed by atoms with Crippen molar-refractivity contribution >= 4 is 29.5 Å². The summed E-state index contributed by atoms with van der Waals surface area (Å²) in [7, 11) is 1.65. The Labute approximate surface area is 154 Å². The Morgan fingerprint density at radius 1 is 1.32 bits per heavy atom. The number of hydrogen-bond donors (Lipinski definition) is 2. The van der Waals surface area contributed by atoms with Crippen molar-refractivity contribution in [1.82, 2.24) is 20.1 Å². The van der Waals surface area contributed by atoms with E-state index < -0.39 is 0 Å². The van der Waals surface area contributed by atoms with Gasteiger partial charge in [0.2, 0.25) is 5.91 Å². The van der Waals surface area contributed by atoms with Gasteiger partial charge in [0.1, 0.15) is 6.54 Å². The zero-order valence-electron chi connectivity index (χ0n) is 13.7. The third kappa shape index (κ3) is 4.22. The Bertz CT molecular complexity index is 900. The van der Waals surface area contributed by atoms with Crippen LogP contribution in [0.4, 0.5) is 0 Å². The van der Waals surface area contributed by atoms with Gasteiger partial charge in [0.25, 0.3) is 0 Å². The lowest BCUT2D eigenvalue weighted by Crippen LogP contribution is -2.27. The molecule has 3 aromatic rings. The van der Waals surface area contributed by atoms with Crippen LogP contribution in [0.15, 0.2) is 41.8 Å². The van der Waals surface area contributed by atoms with E-state index in [4.69, 9.17) is 17.0 Å². The third-order valence-electron chi connectivity index (χ3n) is 3.70. The molecular weight excluding hydrogens is 356 g/mol. The maximum atomic E-state index is 12.4. The van der Waals surface area contributed by atoms with E-state index in [0.29, 0.717) is 23.7 Å². The van der Waals surface area contributed by atoms with Crippen molar-refractivity contribution < 1.29 is 9.53 Å². The molecule has 2 aromatic heterocycles. The average molecular weight is 374 g/mol. The van der Waals surface area contributed by atoms with Crippen LogP contribution in [0.25, 0.3) is 10.7 Å². The molecule has 1 aromatic carbocycles. The summed E-state index contributed by atoms with van der Waals surface area (Å²) >= 11 is 6.80. The SMILES string of the molecule is COCc1ccccc1CNC(=O)Cn1c(-c2cccs2)n[nH]c1=S. The number of aromatic nitrogens is 3. The number of methoxy groups -OCH3 is 1. The van der Waals surface area contributed by atoms with E-state index in [1.807, 2.05) is 41.8 Å². The first-order valence-electron chi connectivity index (χ1n) is 7.70. The lowest BCUT2D eigenvalue weighted by atomic mass is 10.1. The number of aromatic amines is 1. The molecule has 2 heterocycles. The lowest BCUT2D eigenvalue weighted by Gasteiger charge is -2.11. The number of benzene rings is 1. The van der Waals surface area contributed by atoms with Crippen LogP contribution >= 0.6 is 23.6 Å². The molecule has 0 radical (unpaired) electrons. The van der Waals surface area contributed by atoms with E-state index in [1.165, 1.54) is 0 Å². The van der Waals surface area contributed by atoms with Gasteiger partial charge in [-0.15, -0.1) is 11.3 Å². The van der Waals surface area contributed by atoms with Gasteiger partial charge in [-0.1, -0.05) is 30.3 Å². The van der Waals surface area contributed by atoms with Crippen molar-refractivity contribution in [3.05, 3.63) is 57.7 Å². The summed E-state index contributed by atoms with van der Waals surface area (Å²) in [6, 6.07) is 11.8. The molecule has 6 nitrogen and oxygen atoms in total. The molecule has 130 valence electrons. The van der Waals surface area contributed by atoms with E-state index in [0.717, 1.165) is 16.0 Å². The van der Waals surface area contributed by atoms with Crippen molar-refractivity contribution in [2.24, 2.45) is 0 Å². The molecule has 0 unspecified atom stereocenters. The second kappa shape index (κ2) is 8.19. The van der Waals surface area contributed by atoms with E-state index in [2.05, 4.69) is 15.5 Å². The number of amides is 1. The summed E-state index contributed by atoms with van der Waals surface area (Å²) in [5.74, 6) is 0.553. The number of carbonyl (C=O) groups excluding carboxylic acids is 1. The van der Waals surface area contributed by atoms with Crippen LogP contribution < -0.4 is 5.32 Å². The van der Waals surface area contributed by atoms with E-state index in [-0.39, 0.29) is 12.5 Å². The zero-order valence-corrected chi connectivity index (χ0v) is 15.3. The molecule has 8 heteroatoms. The van der Waals surface area contributed by atoms with Crippen molar-refractivity contribution in [2.45, 2.75) is 19.7 Å². The van der Waals surface area contributed by atoms with Gasteiger partial charge < -0.3 is 10.1 Å². The largest absolute Gasteiger partial charge is 0.380 e. The van der Waals surface area contributed by atoms with Crippen LogP contribution in [-0.4, -0.2) is 27.8 Å². The Morgan fingerprint density at radius 3 is 2.84 bits per heavy atom. The van der Waals surface area contributed by atoms with Gasteiger partial charge in [0, 0.05) is 13.7 Å². The Balaban J connectivity index is 1.68. The number of rotatable bonds is 7. The first-order chi connectivity index (χ1) is 12.2. The molecule has 3 rings (SSSR count). The number of H-pyrrole nitrogens is 1. The minimum atomic E-state index is -0.123. The fraction of sp³-hybridized carbons (Fsp3) is 0.235. The van der Waals surface area contributed by atoms with Crippen molar-refractivity contribution in [3.63, 3.8) is 0 Å². The summed E-state index contributed by atoms with van der Waals surface area (Å²) < 4.78 is 7.33. The molecule has 0 aliphatic rings. The van der Waals surface area contributed by atoms with Gasteiger partial charge in [-0.25, -0.2) is 0 Å². The molecule has 0 bridgehead atoms. The van der Waals surface area contributed by atoms with Crippen LogP contribution in [0.3, 0.4) is 0 Å². The number of nitrogens with one attached hydrogen (secondary N) is 2. The fourth-order valence-electron chi connectivity index (χ4n) is 2.48. The quantitative estimate of drug-likeness (QED) is 0.623. The van der Waals surface area contributed by atoms with E-state index in [9.17, 15) is 4.79 Å². The van der Waals surface area contributed by atoms with Crippen molar-refractivity contribution in [3.8, 4) is 10.7 Å². The average Bonchev–Trinajstić information content (AvgIpc) is 3.25. The summed E-state index contributed by atoms with van der Waals surface area (Å²) in [6.45, 7) is 1.08. The van der Waals surface area contributed by atoms with Gasteiger partial charge in [-0.05, 0) is 34.8 Å². The second-order valence-electron chi connectivity index (χ2n) is 5.39. The smallest absolute Gasteiger partial charge is 0.240 e. The van der Waals surface area contributed by atoms with E-state index >= 15 is 0 Å². The number of thiophene rings is 1. The molecule has 25 heavy (non-hydrogen) atoms. The van der Waals surface area contributed by atoms with Crippen molar-refractivity contribution in [1.29, 1.82) is 0 Å².